The van der Waals surface area contributed by atoms with Crippen molar-refractivity contribution < 1.29 is 14.2 Å². The van der Waals surface area contributed by atoms with Crippen molar-refractivity contribution in [2.24, 2.45) is 0 Å². The van der Waals surface area contributed by atoms with Crippen LogP contribution >= 0.6 is 0 Å². The van der Waals surface area contributed by atoms with E-state index < -0.39 is 0 Å². The van der Waals surface area contributed by atoms with Crippen molar-refractivity contribution in [2.75, 3.05) is 20.8 Å². The first-order chi connectivity index (χ1) is 11.3. The number of unbranched alkanes of at least 4 members (excludes halogenated alkanes) is 6. The summed E-state index contributed by atoms with van der Waals surface area (Å²) in [6.45, 7) is 5.17. The molecule has 23 heavy (non-hydrogen) atoms. The summed E-state index contributed by atoms with van der Waals surface area (Å²) in [6, 6.07) is 4.13. The first kappa shape index (κ1) is 19.7. The van der Waals surface area contributed by atoms with E-state index in [9.17, 15) is 0 Å². The van der Waals surface area contributed by atoms with Gasteiger partial charge >= 0.3 is 0 Å². The summed E-state index contributed by atoms with van der Waals surface area (Å²) in [5.41, 5.74) is 1.24. The summed E-state index contributed by atoms with van der Waals surface area (Å²) in [5.74, 6) is 2.27. The van der Waals surface area contributed by atoms with Gasteiger partial charge in [-0.05, 0) is 30.5 Å². The molecular formula is C20H34O3. The normalized spacial score (nSPS) is 10.6. The van der Waals surface area contributed by atoms with E-state index in [1.165, 1.54) is 44.1 Å². The molecule has 1 aromatic carbocycles. The minimum Gasteiger partial charge on any atom is -0.493 e. The van der Waals surface area contributed by atoms with E-state index in [0.717, 1.165) is 37.4 Å². The third kappa shape index (κ3) is 7.15. The van der Waals surface area contributed by atoms with Gasteiger partial charge in [-0.15, -0.1) is 0 Å². The molecule has 0 N–H and O–H groups in total. The monoisotopic (exact) mass is 322 g/mol. The third-order valence-electron chi connectivity index (χ3n) is 4.05. The molecule has 0 amide bonds. The van der Waals surface area contributed by atoms with Crippen LogP contribution in [0.15, 0.2) is 12.1 Å². The second-order valence-electron chi connectivity index (χ2n) is 6.05. The highest BCUT2D eigenvalue weighted by molar-refractivity contribution is 5.53. The molecule has 0 aliphatic heterocycles. The number of ether oxygens (including phenoxy) is 3. The first-order valence-electron chi connectivity index (χ1n) is 9.14. The van der Waals surface area contributed by atoms with Gasteiger partial charge in [0.25, 0.3) is 0 Å². The molecule has 0 saturated carbocycles. The number of methoxy groups -OCH3 is 2. The summed E-state index contributed by atoms with van der Waals surface area (Å²) < 4.78 is 16.9. The number of hydrogen-bond donors (Lipinski definition) is 0. The van der Waals surface area contributed by atoms with E-state index in [0.29, 0.717) is 5.75 Å². The molecule has 0 heterocycles. The van der Waals surface area contributed by atoms with Gasteiger partial charge in [0.05, 0.1) is 20.8 Å². The van der Waals surface area contributed by atoms with Gasteiger partial charge in [0.15, 0.2) is 11.5 Å². The van der Waals surface area contributed by atoms with E-state index in [1.54, 1.807) is 14.2 Å². The van der Waals surface area contributed by atoms with Gasteiger partial charge in [0, 0.05) is 0 Å². The number of aryl methyl sites for hydroxylation is 1. The fourth-order valence-electron chi connectivity index (χ4n) is 2.77. The second kappa shape index (κ2) is 12.1. The van der Waals surface area contributed by atoms with Gasteiger partial charge in [-0.3, -0.25) is 0 Å². The van der Waals surface area contributed by atoms with Gasteiger partial charge in [-0.2, -0.15) is 0 Å². The van der Waals surface area contributed by atoms with E-state index in [-0.39, 0.29) is 0 Å². The Morgan fingerprint density at radius 1 is 0.739 bits per heavy atom. The topological polar surface area (TPSA) is 27.7 Å². The predicted octanol–water partition coefficient (Wildman–Crippen LogP) is 5.79. The highest BCUT2D eigenvalue weighted by Crippen LogP contribution is 2.38. The Bertz CT molecular complexity index is 429. The van der Waals surface area contributed by atoms with Crippen molar-refractivity contribution in [3.63, 3.8) is 0 Å². The molecule has 0 atom stereocenters. The quantitative estimate of drug-likeness (QED) is 0.430. The van der Waals surface area contributed by atoms with Crippen molar-refractivity contribution in [3.05, 3.63) is 17.7 Å². The van der Waals surface area contributed by atoms with Gasteiger partial charge in [0.2, 0.25) is 5.75 Å². The van der Waals surface area contributed by atoms with Gasteiger partial charge in [-0.1, -0.05) is 58.8 Å². The van der Waals surface area contributed by atoms with Crippen LogP contribution in [0.25, 0.3) is 0 Å². The van der Waals surface area contributed by atoms with Crippen LogP contribution < -0.4 is 14.2 Å². The smallest absolute Gasteiger partial charge is 0.203 e. The summed E-state index contributed by atoms with van der Waals surface area (Å²) in [4.78, 5) is 0. The molecular weight excluding hydrogens is 288 g/mol. The fourth-order valence-corrected chi connectivity index (χ4v) is 2.77. The van der Waals surface area contributed by atoms with Crippen molar-refractivity contribution in [1.29, 1.82) is 0 Å². The van der Waals surface area contributed by atoms with E-state index in [4.69, 9.17) is 14.2 Å². The van der Waals surface area contributed by atoms with Crippen LogP contribution in [0.1, 0.15) is 70.8 Å². The summed E-state index contributed by atoms with van der Waals surface area (Å²) in [6.07, 6.45) is 11.1. The van der Waals surface area contributed by atoms with Crippen LogP contribution in [0, 0.1) is 0 Å². The lowest BCUT2D eigenvalue weighted by Gasteiger charge is -2.15. The maximum atomic E-state index is 5.98. The molecule has 1 aromatic rings. The summed E-state index contributed by atoms with van der Waals surface area (Å²) in [7, 11) is 3.34. The van der Waals surface area contributed by atoms with E-state index in [1.807, 2.05) is 6.07 Å². The average molecular weight is 322 g/mol. The molecule has 0 bridgehead atoms. The Balaban J connectivity index is 2.49. The van der Waals surface area contributed by atoms with Crippen LogP contribution in [0.2, 0.25) is 0 Å². The maximum Gasteiger partial charge on any atom is 0.203 e. The largest absolute Gasteiger partial charge is 0.493 e. The van der Waals surface area contributed by atoms with E-state index >= 15 is 0 Å². The lowest BCUT2D eigenvalue weighted by atomic mass is 10.1. The van der Waals surface area contributed by atoms with Crippen molar-refractivity contribution in [3.8, 4) is 17.2 Å². The minimum atomic E-state index is 0.704. The van der Waals surface area contributed by atoms with Crippen molar-refractivity contribution >= 4 is 0 Å². The highest BCUT2D eigenvalue weighted by Gasteiger charge is 2.13. The fraction of sp³-hybridized carbons (Fsp3) is 0.700. The summed E-state index contributed by atoms with van der Waals surface area (Å²) in [5, 5.41) is 0. The van der Waals surface area contributed by atoms with Crippen molar-refractivity contribution in [1.82, 2.24) is 0 Å². The lowest BCUT2D eigenvalue weighted by molar-refractivity contribution is 0.275. The molecule has 0 aliphatic rings. The Morgan fingerprint density at radius 2 is 1.39 bits per heavy atom. The third-order valence-corrected chi connectivity index (χ3v) is 4.05. The molecule has 3 heteroatoms. The first-order valence-corrected chi connectivity index (χ1v) is 9.14. The number of rotatable bonds is 13. The van der Waals surface area contributed by atoms with Crippen LogP contribution in [0.3, 0.4) is 0 Å². The van der Waals surface area contributed by atoms with Crippen LogP contribution in [0.4, 0.5) is 0 Å². The Morgan fingerprint density at radius 3 is 2.00 bits per heavy atom. The maximum absolute atomic E-state index is 5.98. The van der Waals surface area contributed by atoms with Gasteiger partial charge < -0.3 is 14.2 Å². The SMILES string of the molecule is CCCCCCCCCOc1cc(CCC)cc(OC)c1OC. The van der Waals surface area contributed by atoms with Crippen LogP contribution in [-0.4, -0.2) is 20.8 Å². The van der Waals surface area contributed by atoms with Crippen LogP contribution in [0.5, 0.6) is 17.2 Å². The van der Waals surface area contributed by atoms with Crippen molar-refractivity contribution in [2.45, 2.75) is 71.6 Å². The molecule has 0 saturated heterocycles. The molecule has 0 radical (unpaired) electrons. The van der Waals surface area contributed by atoms with Gasteiger partial charge in [0.1, 0.15) is 0 Å². The zero-order valence-electron chi connectivity index (χ0n) is 15.5. The van der Waals surface area contributed by atoms with E-state index in [2.05, 4.69) is 19.9 Å². The van der Waals surface area contributed by atoms with Crippen LogP contribution in [-0.2, 0) is 6.42 Å². The molecule has 0 fully saturated rings. The number of hydrogen-bond acceptors (Lipinski definition) is 3. The summed E-state index contributed by atoms with van der Waals surface area (Å²) >= 11 is 0. The molecule has 1 rings (SSSR count). The molecule has 3 nitrogen and oxygen atoms in total. The molecule has 0 aliphatic carbocycles. The molecule has 132 valence electrons. The minimum absolute atomic E-state index is 0.704. The standard InChI is InChI=1S/C20H34O3/c1-5-7-8-9-10-11-12-14-23-19-16-17(13-6-2)15-18(21-3)20(19)22-4/h15-16H,5-14H2,1-4H3. The highest BCUT2D eigenvalue weighted by atomic mass is 16.5. The zero-order valence-corrected chi connectivity index (χ0v) is 15.5. The second-order valence-corrected chi connectivity index (χ2v) is 6.05. The molecule has 0 aromatic heterocycles. The average Bonchev–Trinajstić information content (AvgIpc) is 2.57. The lowest BCUT2D eigenvalue weighted by Crippen LogP contribution is -2.02. The molecule has 0 unspecified atom stereocenters. The number of benzene rings is 1. The predicted molar refractivity (Wildman–Crippen MR) is 97.0 cm³/mol. The molecule has 0 spiro atoms. The Labute approximate surface area is 142 Å². The van der Waals surface area contributed by atoms with Gasteiger partial charge in [-0.25, -0.2) is 0 Å². The Hall–Kier alpha value is -1.38. The zero-order chi connectivity index (χ0) is 16.9. The Kier molecular flexibility index (Phi) is 10.3.